The SMILES string of the molecule is COc1ccc2[nH]c(C(=O)O)c(CNC(=O)C3CCCO3)c2c1. The van der Waals surface area contributed by atoms with Gasteiger partial charge in [0.05, 0.1) is 7.11 Å². The molecule has 1 fully saturated rings. The fourth-order valence-electron chi connectivity index (χ4n) is 2.79. The first-order chi connectivity index (χ1) is 11.1. The van der Waals surface area contributed by atoms with Crippen LogP contribution in [0, 0.1) is 0 Å². The van der Waals surface area contributed by atoms with Crippen LogP contribution in [0.15, 0.2) is 18.2 Å². The van der Waals surface area contributed by atoms with Crippen molar-refractivity contribution in [2.45, 2.75) is 25.5 Å². The highest BCUT2D eigenvalue weighted by Gasteiger charge is 2.24. The van der Waals surface area contributed by atoms with Gasteiger partial charge in [-0.05, 0) is 31.0 Å². The summed E-state index contributed by atoms with van der Waals surface area (Å²) in [6.45, 7) is 0.705. The highest BCUT2D eigenvalue weighted by molar-refractivity contribution is 5.98. The third-order valence-electron chi connectivity index (χ3n) is 3.99. The Kier molecular flexibility index (Phi) is 4.20. The number of carboxylic acid groups (broad SMARTS) is 1. The highest BCUT2D eigenvalue weighted by Crippen LogP contribution is 2.27. The zero-order chi connectivity index (χ0) is 16.4. The van der Waals surface area contributed by atoms with Crippen LogP contribution in [0.1, 0.15) is 28.9 Å². The van der Waals surface area contributed by atoms with Gasteiger partial charge in [0.2, 0.25) is 5.91 Å². The molecule has 1 amide bonds. The zero-order valence-electron chi connectivity index (χ0n) is 12.7. The lowest BCUT2D eigenvalue weighted by molar-refractivity contribution is -0.130. The second kappa shape index (κ2) is 6.29. The molecule has 1 aliphatic heterocycles. The number of nitrogens with one attached hydrogen (secondary N) is 2. The molecule has 1 aromatic carbocycles. The minimum absolute atomic E-state index is 0.0703. The number of rotatable bonds is 5. The number of methoxy groups -OCH3 is 1. The van der Waals surface area contributed by atoms with Crippen molar-refractivity contribution in [1.82, 2.24) is 10.3 Å². The molecule has 0 saturated carbocycles. The van der Waals surface area contributed by atoms with E-state index < -0.39 is 12.1 Å². The van der Waals surface area contributed by atoms with Crippen LogP contribution in [0.2, 0.25) is 0 Å². The van der Waals surface area contributed by atoms with Gasteiger partial charge in [-0.15, -0.1) is 0 Å². The molecule has 2 heterocycles. The van der Waals surface area contributed by atoms with E-state index in [1.54, 1.807) is 25.3 Å². The maximum absolute atomic E-state index is 12.1. The number of ether oxygens (including phenoxy) is 2. The number of H-pyrrole nitrogens is 1. The molecule has 0 spiro atoms. The summed E-state index contributed by atoms with van der Waals surface area (Å²) in [4.78, 5) is 26.4. The first-order valence-corrected chi connectivity index (χ1v) is 7.41. The number of amides is 1. The third kappa shape index (κ3) is 3.00. The Hall–Kier alpha value is -2.54. The highest BCUT2D eigenvalue weighted by atomic mass is 16.5. The van der Waals surface area contributed by atoms with Gasteiger partial charge in [-0.2, -0.15) is 0 Å². The molecule has 1 aliphatic rings. The van der Waals surface area contributed by atoms with Gasteiger partial charge < -0.3 is 24.9 Å². The molecule has 7 nitrogen and oxygen atoms in total. The van der Waals surface area contributed by atoms with Crippen LogP contribution < -0.4 is 10.1 Å². The lowest BCUT2D eigenvalue weighted by Gasteiger charge is -2.10. The van der Waals surface area contributed by atoms with Gasteiger partial charge in [-0.3, -0.25) is 4.79 Å². The molecule has 7 heteroatoms. The summed E-state index contributed by atoms with van der Waals surface area (Å²) < 4.78 is 10.5. The summed E-state index contributed by atoms with van der Waals surface area (Å²) in [5, 5.41) is 12.9. The van der Waals surface area contributed by atoms with Crippen LogP contribution in [0.4, 0.5) is 0 Å². The Balaban J connectivity index is 1.89. The molecule has 1 unspecified atom stereocenters. The second-order valence-electron chi connectivity index (χ2n) is 5.41. The predicted molar refractivity (Wildman–Crippen MR) is 82.6 cm³/mol. The Bertz CT molecular complexity index is 746. The summed E-state index contributed by atoms with van der Waals surface area (Å²) in [5.74, 6) is -0.655. The van der Waals surface area contributed by atoms with Crippen molar-refractivity contribution < 1.29 is 24.2 Å². The number of benzene rings is 1. The number of aromatic carboxylic acids is 1. The molecule has 0 radical (unpaired) electrons. The van der Waals surface area contributed by atoms with Gasteiger partial charge in [-0.1, -0.05) is 0 Å². The summed E-state index contributed by atoms with van der Waals surface area (Å²) in [6, 6.07) is 5.26. The first kappa shape index (κ1) is 15.4. The van der Waals surface area contributed by atoms with E-state index in [2.05, 4.69) is 10.3 Å². The lowest BCUT2D eigenvalue weighted by Crippen LogP contribution is -2.33. The van der Waals surface area contributed by atoms with Gasteiger partial charge in [0, 0.05) is 29.6 Å². The third-order valence-corrected chi connectivity index (χ3v) is 3.99. The molecule has 1 saturated heterocycles. The number of fused-ring (bicyclic) bond motifs is 1. The van der Waals surface area contributed by atoms with E-state index in [1.165, 1.54) is 0 Å². The first-order valence-electron chi connectivity index (χ1n) is 7.41. The quantitative estimate of drug-likeness (QED) is 0.778. The topological polar surface area (TPSA) is 101 Å². The Morgan fingerprint density at radius 1 is 1.48 bits per heavy atom. The number of carbonyl (C=O) groups is 2. The second-order valence-corrected chi connectivity index (χ2v) is 5.41. The predicted octanol–water partition coefficient (Wildman–Crippen LogP) is 1.67. The van der Waals surface area contributed by atoms with Crippen molar-refractivity contribution in [2.24, 2.45) is 0 Å². The number of carboxylic acids is 1. The van der Waals surface area contributed by atoms with Crippen molar-refractivity contribution in [3.05, 3.63) is 29.5 Å². The number of carbonyl (C=O) groups excluding carboxylic acids is 1. The summed E-state index contributed by atoms with van der Waals surface area (Å²) in [5.41, 5.74) is 1.28. The van der Waals surface area contributed by atoms with Crippen LogP contribution in [0.25, 0.3) is 10.9 Å². The van der Waals surface area contributed by atoms with Crippen molar-refractivity contribution in [2.75, 3.05) is 13.7 Å². The fraction of sp³-hybridized carbons (Fsp3) is 0.375. The Labute approximate surface area is 132 Å². The minimum atomic E-state index is -1.07. The van der Waals surface area contributed by atoms with Crippen LogP contribution in [0.3, 0.4) is 0 Å². The molecule has 1 aromatic heterocycles. The molecule has 2 aromatic rings. The maximum atomic E-state index is 12.1. The molecule has 3 rings (SSSR count). The average Bonchev–Trinajstić information content (AvgIpc) is 3.19. The van der Waals surface area contributed by atoms with Crippen LogP contribution in [0.5, 0.6) is 5.75 Å². The molecule has 23 heavy (non-hydrogen) atoms. The molecule has 3 N–H and O–H groups in total. The zero-order valence-corrected chi connectivity index (χ0v) is 12.7. The molecule has 0 bridgehead atoms. The molecule has 0 aliphatic carbocycles. The standard InChI is InChI=1S/C16H18N2O5/c1-22-9-4-5-12-10(7-9)11(14(18-12)16(20)21)8-17-15(19)13-3-2-6-23-13/h4-5,7,13,18H,2-3,6,8H2,1H3,(H,17,19)(H,20,21). The van der Waals surface area contributed by atoms with Gasteiger partial charge in [-0.25, -0.2) is 4.79 Å². The monoisotopic (exact) mass is 318 g/mol. The van der Waals surface area contributed by atoms with E-state index in [0.29, 0.717) is 29.9 Å². The van der Waals surface area contributed by atoms with Crippen molar-refractivity contribution in [1.29, 1.82) is 0 Å². The smallest absolute Gasteiger partial charge is 0.352 e. The van der Waals surface area contributed by atoms with E-state index in [4.69, 9.17) is 9.47 Å². The van der Waals surface area contributed by atoms with E-state index in [0.717, 1.165) is 11.8 Å². The fourth-order valence-corrected chi connectivity index (χ4v) is 2.79. The van der Waals surface area contributed by atoms with Crippen LogP contribution >= 0.6 is 0 Å². The molecular formula is C16H18N2O5. The van der Waals surface area contributed by atoms with E-state index in [9.17, 15) is 14.7 Å². The normalized spacial score (nSPS) is 17.3. The number of aromatic amines is 1. The van der Waals surface area contributed by atoms with Crippen LogP contribution in [-0.2, 0) is 16.1 Å². The van der Waals surface area contributed by atoms with Gasteiger partial charge in [0.25, 0.3) is 0 Å². The minimum Gasteiger partial charge on any atom is -0.497 e. The number of hydrogen-bond acceptors (Lipinski definition) is 4. The Morgan fingerprint density at radius 2 is 2.30 bits per heavy atom. The summed E-state index contributed by atoms with van der Waals surface area (Å²) in [7, 11) is 1.55. The number of aromatic nitrogens is 1. The van der Waals surface area contributed by atoms with Crippen LogP contribution in [-0.4, -0.2) is 41.8 Å². The lowest BCUT2D eigenvalue weighted by atomic mass is 10.1. The van der Waals surface area contributed by atoms with Gasteiger partial charge in [0.15, 0.2) is 0 Å². The maximum Gasteiger partial charge on any atom is 0.352 e. The van der Waals surface area contributed by atoms with E-state index >= 15 is 0 Å². The van der Waals surface area contributed by atoms with Crippen molar-refractivity contribution in [3.63, 3.8) is 0 Å². The number of hydrogen-bond donors (Lipinski definition) is 3. The van der Waals surface area contributed by atoms with Crippen molar-refractivity contribution in [3.8, 4) is 5.75 Å². The molecule has 122 valence electrons. The van der Waals surface area contributed by atoms with E-state index in [-0.39, 0.29) is 18.1 Å². The van der Waals surface area contributed by atoms with Gasteiger partial charge in [0.1, 0.15) is 17.5 Å². The largest absolute Gasteiger partial charge is 0.497 e. The summed E-state index contributed by atoms with van der Waals surface area (Å²) in [6.07, 6.45) is 1.12. The molecular weight excluding hydrogens is 300 g/mol. The summed E-state index contributed by atoms with van der Waals surface area (Å²) >= 11 is 0. The Morgan fingerprint density at radius 3 is 2.96 bits per heavy atom. The van der Waals surface area contributed by atoms with E-state index in [1.807, 2.05) is 0 Å². The van der Waals surface area contributed by atoms with Gasteiger partial charge >= 0.3 is 5.97 Å². The average molecular weight is 318 g/mol. The van der Waals surface area contributed by atoms with Crippen molar-refractivity contribution >= 4 is 22.8 Å². The molecule has 1 atom stereocenters.